The van der Waals surface area contributed by atoms with Crippen molar-refractivity contribution in [1.82, 2.24) is 14.8 Å². The molecule has 1 unspecified atom stereocenters. The standard InChI is InChI=1S/C26H30BrN5O3S/c1-4-6-13-36-26-30-25-29-16(3)22(24(28)33)23(32(25)31-26)18-9-12-20(21(14-18)34-5-2)35-15-17-7-10-19(27)11-8-17/h7-12,14,23H,4-6,13,15H2,1-3H3,(H2,28,33)(H,29,30,31). The van der Waals surface area contributed by atoms with E-state index < -0.39 is 11.9 Å². The van der Waals surface area contributed by atoms with Gasteiger partial charge in [-0.1, -0.05) is 59.2 Å². The molecule has 0 saturated carbocycles. The average Bonchev–Trinajstić information content (AvgIpc) is 3.25. The van der Waals surface area contributed by atoms with Gasteiger partial charge in [0, 0.05) is 15.9 Å². The summed E-state index contributed by atoms with van der Waals surface area (Å²) in [5.41, 5.74) is 8.77. The minimum absolute atomic E-state index is 0.400. The number of anilines is 1. The third-order valence-corrected chi connectivity index (χ3v) is 7.17. The van der Waals surface area contributed by atoms with E-state index in [2.05, 4.69) is 33.2 Å². The summed E-state index contributed by atoms with van der Waals surface area (Å²) >= 11 is 5.05. The Morgan fingerprint density at radius 3 is 2.64 bits per heavy atom. The Morgan fingerprint density at radius 2 is 1.94 bits per heavy atom. The molecule has 1 aromatic heterocycles. The monoisotopic (exact) mass is 571 g/mol. The highest BCUT2D eigenvalue weighted by atomic mass is 79.9. The average molecular weight is 573 g/mol. The number of hydrogen-bond donors (Lipinski definition) is 2. The van der Waals surface area contributed by atoms with Crippen LogP contribution in [0.25, 0.3) is 0 Å². The molecule has 1 aliphatic rings. The molecule has 1 amide bonds. The Hall–Kier alpha value is -2.98. The molecule has 3 N–H and O–H groups in total. The van der Waals surface area contributed by atoms with Gasteiger partial charge < -0.3 is 20.5 Å². The fourth-order valence-electron chi connectivity index (χ4n) is 3.95. The second-order valence-electron chi connectivity index (χ2n) is 8.35. The van der Waals surface area contributed by atoms with E-state index >= 15 is 0 Å². The Morgan fingerprint density at radius 1 is 1.17 bits per heavy atom. The molecule has 1 aliphatic heterocycles. The maximum absolute atomic E-state index is 12.5. The van der Waals surface area contributed by atoms with Crippen molar-refractivity contribution in [1.29, 1.82) is 0 Å². The van der Waals surface area contributed by atoms with Gasteiger partial charge in [0.2, 0.25) is 17.0 Å². The highest BCUT2D eigenvalue weighted by Crippen LogP contribution is 2.39. The molecule has 0 fully saturated rings. The number of primary amides is 1. The van der Waals surface area contributed by atoms with Gasteiger partial charge in [-0.25, -0.2) is 4.68 Å². The van der Waals surface area contributed by atoms with Gasteiger partial charge in [0.15, 0.2) is 11.5 Å². The topological polar surface area (TPSA) is 104 Å². The maximum atomic E-state index is 12.5. The van der Waals surface area contributed by atoms with Crippen LogP contribution in [0.2, 0.25) is 0 Å². The summed E-state index contributed by atoms with van der Waals surface area (Å²) in [6.45, 7) is 6.77. The Balaban J connectivity index is 1.68. The number of fused-ring (bicyclic) bond motifs is 1. The van der Waals surface area contributed by atoms with E-state index in [0.29, 0.717) is 47.1 Å². The molecule has 2 aromatic carbocycles. The van der Waals surface area contributed by atoms with E-state index in [1.54, 1.807) is 16.4 Å². The first kappa shape index (κ1) is 26.1. The number of thioether (sulfide) groups is 1. The number of ether oxygens (including phenoxy) is 2. The van der Waals surface area contributed by atoms with Gasteiger partial charge in [0.05, 0.1) is 12.2 Å². The van der Waals surface area contributed by atoms with Crippen molar-refractivity contribution in [2.75, 3.05) is 17.7 Å². The van der Waals surface area contributed by atoms with E-state index in [1.807, 2.05) is 56.3 Å². The smallest absolute Gasteiger partial charge is 0.248 e. The molecule has 36 heavy (non-hydrogen) atoms. The molecule has 190 valence electrons. The highest BCUT2D eigenvalue weighted by Gasteiger charge is 2.34. The molecule has 0 bridgehead atoms. The van der Waals surface area contributed by atoms with Crippen LogP contribution >= 0.6 is 27.7 Å². The number of allylic oxidation sites excluding steroid dienone is 1. The summed E-state index contributed by atoms with van der Waals surface area (Å²) in [4.78, 5) is 17.2. The minimum Gasteiger partial charge on any atom is -0.490 e. The molecule has 0 aliphatic carbocycles. The van der Waals surface area contributed by atoms with Crippen molar-refractivity contribution in [3.8, 4) is 11.5 Å². The molecule has 0 saturated heterocycles. The molecule has 2 heterocycles. The number of nitrogens with zero attached hydrogens (tertiary/aromatic N) is 3. The first-order valence-corrected chi connectivity index (χ1v) is 13.7. The van der Waals surface area contributed by atoms with Gasteiger partial charge in [-0.15, -0.1) is 5.10 Å². The minimum atomic E-state index is -0.536. The van der Waals surface area contributed by atoms with Crippen LogP contribution in [0.15, 0.2) is 63.4 Å². The van der Waals surface area contributed by atoms with Crippen molar-refractivity contribution in [2.24, 2.45) is 5.73 Å². The van der Waals surface area contributed by atoms with Crippen LogP contribution in [0.4, 0.5) is 5.95 Å². The number of amides is 1. The molecular weight excluding hydrogens is 542 g/mol. The Bertz CT molecular complexity index is 1260. The third kappa shape index (κ3) is 5.87. The summed E-state index contributed by atoms with van der Waals surface area (Å²) in [7, 11) is 0. The number of unbranched alkanes of at least 4 members (excludes halogenated alkanes) is 1. The van der Waals surface area contributed by atoms with Crippen molar-refractivity contribution >= 4 is 39.5 Å². The number of benzene rings is 2. The van der Waals surface area contributed by atoms with Crippen LogP contribution in [0, 0.1) is 0 Å². The van der Waals surface area contributed by atoms with Crippen molar-refractivity contribution in [3.63, 3.8) is 0 Å². The van der Waals surface area contributed by atoms with E-state index in [4.69, 9.17) is 20.3 Å². The number of hydrogen-bond acceptors (Lipinski definition) is 7. The summed E-state index contributed by atoms with van der Waals surface area (Å²) in [5.74, 6) is 2.20. The van der Waals surface area contributed by atoms with Gasteiger partial charge >= 0.3 is 0 Å². The van der Waals surface area contributed by atoms with Crippen molar-refractivity contribution < 1.29 is 14.3 Å². The van der Waals surface area contributed by atoms with E-state index in [1.165, 1.54) is 0 Å². The molecule has 0 radical (unpaired) electrons. The first-order valence-electron chi connectivity index (χ1n) is 11.9. The van der Waals surface area contributed by atoms with Gasteiger partial charge in [-0.05, 0) is 55.7 Å². The number of aromatic nitrogens is 3. The van der Waals surface area contributed by atoms with Crippen LogP contribution < -0.4 is 20.5 Å². The second-order valence-corrected chi connectivity index (χ2v) is 10.3. The predicted octanol–water partition coefficient (Wildman–Crippen LogP) is 5.68. The number of halogens is 1. The molecule has 0 spiro atoms. The van der Waals surface area contributed by atoms with E-state index in [0.717, 1.165) is 34.2 Å². The first-order chi connectivity index (χ1) is 17.4. The number of rotatable bonds is 11. The SMILES string of the molecule is CCCCSc1nc2n(n1)C(c1ccc(OCc3ccc(Br)cc3)c(OCC)c1)C(C(N)=O)=C(C)N2. The quantitative estimate of drug-likeness (QED) is 0.225. The number of nitrogens with one attached hydrogen (secondary N) is 1. The molecular formula is C26H30BrN5O3S. The fraction of sp³-hybridized carbons (Fsp3) is 0.346. The summed E-state index contributed by atoms with van der Waals surface area (Å²) < 4.78 is 14.8. The lowest BCUT2D eigenvalue weighted by atomic mass is 9.95. The lowest BCUT2D eigenvalue weighted by Gasteiger charge is -2.28. The third-order valence-electron chi connectivity index (χ3n) is 5.72. The van der Waals surface area contributed by atoms with Gasteiger partial charge in [-0.2, -0.15) is 4.98 Å². The van der Waals surface area contributed by atoms with Gasteiger partial charge in [0.1, 0.15) is 12.6 Å². The second kappa shape index (κ2) is 11.8. The van der Waals surface area contributed by atoms with E-state index in [-0.39, 0.29) is 0 Å². The molecule has 3 aromatic rings. The number of nitrogens with two attached hydrogens (primary N) is 1. The highest BCUT2D eigenvalue weighted by molar-refractivity contribution is 9.10. The molecule has 4 rings (SSSR count). The van der Waals surface area contributed by atoms with Crippen molar-refractivity contribution in [3.05, 3.63) is 69.3 Å². The fourth-order valence-corrected chi connectivity index (χ4v) is 5.13. The zero-order chi connectivity index (χ0) is 25.7. The zero-order valence-electron chi connectivity index (χ0n) is 20.6. The number of carbonyl (C=O) groups is 1. The van der Waals surface area contributed by atoms with Crippen LogP contribution in [0.1, 0.15) is 50.8 Å². The summed E-state index contributed by atoms with van der Waals surface area (Å²) in [5, 5.41) is 8.57. The largest absolute Gasteiger partial charge is 0.490 e. The van der Waals surface area contributed by atoms with Crippen molar-refractivity contribution in [2.45, 2.75) is 51.4 Å². The predicted molar refractivity (Wildman–Crippen MR) is 145 cm³/mol. The Labute approximate surface area is 223 Å². The normalized spacial score (nSPS) is 14.8. The summed E-state index contributed by atoms with van der Waals surface area (Å²) in [6.07, 6.45) is 2.18. The lowest BCUT2D eigenvalue weighted by molar-refractivity contribution is -0.115. The van der Waals surface area contributed by atoms with Gasteiger partial charge in [0.25, 0.3) is 0 Å². The van der Waals surface area contributed by atoms with Crippen LogP contribution in [-0.4, -0.2) is 33.0 Å². The maximum Gasteiger partial charge on any atom is 0.248 e. The van der Waals surface area contributed by atoms with E-state index in [9.17, 15) is 4.79 Å². The van der Waals surface area contributed by atoms with Crippen LogP contribution in [0.3, 0.4) is 0 Å². The van der Waals surface area contributed by atoms with Crippen LogP contribution in [0.5, 0.6) is 11.5 Å². The van der Waals surface area contributed by atoms with Gasteiger partial charge in [-0.3, -0.25) is 4.79 Å². The Kier molecular flexibility index (Phi) is 8.58. The zero-order valence-corrected chi connectivity index (χ0v) is 23.0. The lowest BCUT2D eigenvalue weighted by Crippen LogP contribution is -2.31. The molecule has 10 heteroatoms. The number of carbonyl (C=O) groups excluding carboxylic acids is 1. The molecule has 1 atom stereocenters. The van der Waals surface area contributed by atoms with Crippen LogP contribution in [-0.2, 0) is 11.4 Å². The summed E-state index contributed by atoms with van der Waals surface area (Å²) in [6, 6.07) is 13.1. The molecule has 8 nitrogen and oxygen atoms in total.